The summed E-state index contributed by atoms with van der Waals surface area (Å²) in [6, 6.07) is 10.3. The minimum Gasteiger partial charge on any atom is -0.465 e. The monoisotopic (exact) mass is 742 g/mol. The molecule has 2 unspecified atom stereocenters. The highest BCUT2D eigenvalue weighted by molar-refractivity contribution is 5.95. The van der Waals surface area contributed by atoms with Gasteiger partial charge in [0.25, 0.3) is 0 Å². The third kappa shape index (κ3) is 9.79. The summed E-state index contributed by atoms with van der Waals surface area (Å²) in [6.07, 6.45) is 0.775. The Morgan fingerprint density at radius 3 is 1.37 bits per heavy atom. The van der Waals surface area contributed by atoms with Crippen LogP contribution < -0.4 is 21.3 Å². The Hall–Kier alpha value is -5.34. The highest BCUT2D eigenvalue weighted by Crippen LogP contribution is 2.34. The number of imidazole rings is 2. The molecule has 14 nitrogen and oxygen atoms in total. The zero-order valence-electron chi connectivity index (χ0n) is 32.7. The molecule has 54 heavy (non-hydrogen) atoms. The van der Waals surface area contributed by atoms with E-state index in [0.717, 1.165) is 44.8 Å². The van der Waals surface area contributed by atoms with Gasteiger partial charge in [-0.3, -0.25) is 30.9 Å². The van der Waals surface area contributed by atoms with Gasteiger partial charge in [0, 0.05) is 5.56 Å². The minimum absolute atomic E-state index is 0.0496. The van der Waals surface area contributed by atoms with E-state index in [9.17, 15) is 19.2 Å². The molecule has 0 spiro atoms. The van der Waals surface area contributed by atoms with E-state index in [0.29, 0.717) is 11.6 Å². The first-order valence-electron chi connectivity index (χ1n) is 18.3. The Balaban J connectivity index is 1.54. The van der Waals surface area contributed by atoms with Gasteiger partial charge in [0.15, 0.2) is 0 Å². The number of amides is 4. The number of aromatic nitrogens is 4. The van der Waals surface area contributed by atoms with E-state index in [-0.39, 0.29) is 35.8 Å². The number of imide groups is 2. The third-order valence-electron chi connectivity index (χ3n) is 9.77. The number of carbonyl (C=O) groups excluding carboxylic acids is 2. The highest BCUT2D eigenvalue weighted by Gasteiger charge is 2.31. The number of nitrogens with one attached hydrogen (secondary N) is 6. The maximum atomic E-state index is 12.7. The van der Waals surface area contributed by atoms with Gasteiger partial charge in [-0.1, -0.05) is 91.8 Å². The average molecular weight is 743 g/mol. The lowest BCUT2D eigenvalue weighted by Crippen LogP contribution is -2.50. The van der Waals surface area contributed by atoms with Crippen molar-refractivity contribution in [1.82, 2.24) is 41.2 Å². The minimum atomic E-state index is -1.39. The van der Waals surface area contributed by atoms with Crippen LogP contribution in [0.1, 0.15) is 90.2 Å². The van der Waals surface area contributed by atoms with Crippen molar-refractivity contribution in [2.45, 2.75) is 93.4 Å². The molecule has 0 fully saturated rings. The van der Waals surface area contributed by atoms with Crippen LogP contribution in [0.15, 0.2) is 48.8 Å². The first kappa shape index (κ1) is 41.4. The van der Waals surface area contributed by atoms with Gasteiger partial charge in [0.2, 0.25) is 11.8 Å². The summed E-state index contributed by atoms with van der Waals surface area (Å²) in [5.74, 6) is -0.104. The van der Waals surface area contributed by atoms with Crippen LogP contribution in [0.5, 0.6) is 0 Å². The fourth-order valence-corrected chi connectivity index (χ4v) is 6.60. The summed E-state index contributed by atoms with van der Waals surface area (Å²) in [7, 11) is 0. The molecule has 0 aliphatic carbocycles. The Kier molecular flexibility index (Phi) is 13.5. The maximum Gasteiger partial charge on any atom is 0.411 e. The molecule has 0 aliphatic heterocycles. The van der Waals surface area contributed by atoms with E-state index in [2.05, 4.69) is 68.7 Å². The molecular weight excluding hydrogens is 688 g/mol. The topological polar surface area (TPSA) is 214 Å². The summed E-state index contributed by atoms with van der Waals surface area (Å²) < 4.78 is 0. The molecule has 0 saturated carbocycles. The Labute approximate surface area is 316 Å². The SMILES string of the molecule is Cc1c(-c2ccc(-c3cnc(C(NC(C(=O)NC(=O)O)C(C)C)C(C)C)[nH]3)cc2)ccc(-c2cnc([C@@H](N[C@H](C(=O)NC(=O)O)C(C)C)C(C)C)[nH]2)c1C. The molecule has 0 aliphatic rings. The molecule has 0 saturated heterocycles. The highest BCUT2D eigenvalue weighted by atomic mass is 16.4. The van der Waals surface area contributed by atoms with Gasteiger partial charge >= 0.3 is 12.2 Å². The molecular formula is C40H54N8O6. The van der Waals surface area contributed by atoms with Crippen molar-refractivity contribution in [1.29, 1.82) is 0 Å². The van der Waals surface area contributed by atoms with Gasteiger partial charge < -0.3 is 20.2 Å². The van der Waals surface area contributed by atoms with Crippen LogP contribution in [0.2, 0.25) is 0 Å². The average Bonchev–Trinajstić information content (AvgIpc) is 3.76. The van der Waals surface area contributed by atoms with Crippen LogP contribution in [0.25, 0.3) is 33.6 Å². The molecule has 0 radical (unpaired) electrons. The Bertz CT molecular complexity index is 1950. The van der Waals surface area contributed by atoms with E-state index >= 15 is 0 Å². The van der Waals surface area contributed by atoms with Gasteiger partial charge in [-0.05, 0) is 65.3 Å². The second-order valence-electron chi connectivity index (χ2n) is 15.2. The number of aromatic amines is 2. The van der Waals surface area contributed by atoms with Crippen LogP contribution in [0, 0.1) is 37.5 Å². The summed E-state index contributed by atoms with van der Waals surface area (Å²) in [5.41, 5.74) is 7.92. The molecule has 4 aromatic rings. The molecule has 4 rings (SSSR count). The lowest BCUT2D eigenvalue weighted by Gasteiger charge is -2.28. The molecule has 8 N–H and O–H groups in total. The Morgan fingerprint density at radius 2 is 0.944 bits per heavy atom. The number of hydrogen-bond acceptors (Lipinski definition) is 8. The van der Waals surface area contributed by atoms with Crippen LogP contribution in [0.3, 0.4) is 0 Å². The first-order valence-corrected chi connectivity index (χ1v) is 18.3. The summed E-state index contributed by atoms with van der Waals surface area (Å²) >= 11 is 0. The number of hydrogen-bond donors (Lipinski definition) is 8. The van der Waals surface area contributed by atoms with Crippen molar-refractivity contribution >= 4 is 24.0 Å². The van der Waals surface area contributed by atoms with Gasteiger partial charge in [0.1, 0.15) is 11.6 Å². The predicted octanol–water partition coefficient (Wildman–Crippen LogP) is 6.96. The van der Waals surface area contributed by atoms with Gasteiger partial charge in [-0.15, -0.1) is 0 Å². The maximum absolute atomic E-state index is 12.7. The van der Waals surface area contributed by atoms with E-state index in [1.165, 1.54) is 0 Å². The number of carboxylic acid groups (broad SMARTS) is 2. The summed E-state index contributed by atoms with van der Waals surface area (Å²) in [5, 5.41) is 28.8. The lowest BCUT2D eigenvalue weighted by molar-refractivity contribution is -0.124. The van der Waals surface area contributed by atoms with Crippen LogP contribution in [-0.4, -0.2) is 66.2 Å². The fourth-order valence-electron chi connectivity index (χ4n) is 6.60. The van der Waals surface area contributed by atoms with Crippen molar-refractivity contribution in [3.8, 4) is 33.6 Å². The van der Waals surface area contributed by atoms with Crippen molar-refractivity contribution < 1.29 is 29.4 Å². The van der Waals surface area contributed by atoms with E-state index in [4.69, 9.17) is 10.2 Å². The number of nitrogens with zero attached hydrogens (tertiary/aromatic N) is 2. The van der Waals surface area contributed by atoms with Gasteiger partial charge in [0.05, 0.1) is 47.9 Å². The standard InChI is InChI=1S/C40H54N8O6/c1-19(2)31(45-33(21(5)6)37(49)47-39(51)52)35-41-17-29(43-35)26-13-11-25(12-14-26)27-15-16-28(24(10)23(27)9)30-18-42-36(44-30)32(20(3)4)46-34(22(7)8)38(50)48-40(53)54/h11-22,31-34,45-46H,1-10H3,(H,41,43)(H,42,44)(H,47,49)(H,48,50)(H,51,52)(H,53,54)/t31?,32-,33?,34-/m0/s1. The number of benzene rings is 2. The normalized spacial score (nSPS) is 14.0. The first-order chi connectivity index (χ1) is 25.4. The van der Waals surface area contributed by atoms with Gasteiger partial charge in [-0.25, -0.2) is 19.6 Å². The van der Waals surface area contributed by atoms with Crippen LogP contribution in [-0.2, 0) is 9.59 Å². The molecule has 2 aromatic carbocycles. The van der Waals surface area contributed by atoms with Crippen molar-refractivity contribution in [3.63, 3.8) is 0 Å². The lowest BCUT2D eigenvalue weighted by atomic mass is 9.92. The number of rotatable bonds is 15. The van der Waals surface area contributed by atoms with E-state index in [1.807, 2.05) is 78.2 Å². The third-order valence-corrected chi connectivity index (χ3v) is 9.77. The van der Waals surface area contributed by atoms with Crippen molar-refractivity contribution in [2.75, 3.05) is 0 Å². The summed E-state index contributed by atoms with van der Waals surface area (Å²) in [6.45, 7) is 19.7. The van der Waals surface area contributed by atoms with Crippen LogP contribution in [0.4, 0.5) is 9.59 Å². The van der Waals surface area contributed by atoms with Crippen LogP contribution >= 0.6 is 0 Å². The Morgan fingerprint density at radius 1 is 0.556 bits per heavy atom. The number of H-pyrrole nitrogens is 2. The second-order valence-corrected chi connectivity index (χ2v) is 15.2. The quantitative estimate of drug-likeness (QED) is 0.0627. The molecule has 290 valence electrons. The zero-order chi connectivity index (χ0) is 40.0. The molecule has 2 heterocycles. The summed E-state index contributed by atoms with van der Waals surface area (Å²) in [4.78, 5) is 63.7. The second kappa shape index (κ2) is 17.7. The molecule has 14 heteroatoms. The molecule has 0 bridgehead atoms. The number of carbonyl (C=O) groups is 4. The zero-order valence-corrected chi connectivity index (χ0v) is 32.7. The van der Waals surface area contributed by atoms with Crippen molar-refractivity contribution in [2.24, 2.45) is 23.7 Å². The van der Waals surface area contributed by atoms with E-state index < -0.39 is 36.1 Å². The molecule has 4 amide bonds. The van der Waals surface area contributed by atoms with E-state index in [1.54, 1.807) is 12.4 Å². The van der Waals surface area contributed by atoms with Crippen molar-refractivity contribution in [3.05, 3.63) is 71.6 Å². The molecule has 4 atom stereocenters. The molecule has 2 aromatic heterocycles. The predicted molar refractivity (Wildman–Crippen MR) is 208 cm³/mol. The largest absolute Gasteiger partial charge is 0.465 e. The smallest absolute Gasteiger partial charge is 0.411 e. The van der Waals surface area contributed by atoms with Gasteiger partial charge in [-0.2, -0.15) is 0 Å². The fraction of sp³-hybridized carbons (Fsp3) is 0.450.